The minimum atomic E-state index is -0.220. The first kappa shape index (κ1) is 13.3. The van der Waals surface area contributed by atoms with Gasteiger partial charge in [-0.3, -0.25) is 4.79 Å². The Balaban J connectivity index is 2.33. The number of pyridine rings is 1. The van der Waals surface area contributed by atoms with Crippen molar-refractivity contribution in [1.82, 2.24) is 4.98 Å². The van der Waals surface area contributed by atoms with Crippen LogP contribution in [0, 0.1) is 5.92 Å². The third-order valence-electron chi connectivity index (χ3n) is 3.08. The molecule has 100 valence electrons. The van der Waals surface area contributed by atoms with E-state index in [1.807, 2.05) is 37.3 Å². The Hall–Kier alpha value is -2.10. The summed E-state index contributed by atoms with van der Waals surface area (Å²) < 4.78 is 10.0. The van der Waals surface area contributed by atoms with Crippen molar-refractivity contribution in [3.8, 4) is 5.75 Å². The van der Waals surface area contributed by atoms with Gasteiger partial charge in [-0.15, -0.1) is 0 Å². The molecule has 2 aromatic rings. The van der Waals surface area contributed by atoms with Gasteiger partial charge in [0.05, 0.1) is 20.1 Å². The second kappa shape index (κ2) is 5.69. The van der Waals surface area contributed by atoms with E-state index in [1.54, 1.807) is 7.11 Å². The summed E-state index contributed by atoms with van der Waals surface area (Å²) >= 11 is 0. The molecule has 4 heteroatoms. The zero-order valence-electron chi connectivity index (χ0n) is 11.3. The fourth-order valence-electron chi connectivity index (χ4n) is 2.04. The first-order valence-corrected chi connectivity index (χ1v) is 6.16. The minimum absolute atomic E-state index is 0.204. The van der Waals surface area contributed by atoms with E-state index in [2.05, 4.69) is 4.98 Å². The molecular formula is C15H17NO3. The summed E-state index contributed by atoms with van der Waals surface area (Å²) in [6.07, 6.45) is 0.556. The van der Waals surface area contributed by atoms with Gasteiger partial charge in [0.2, 0.25) is 0 Å². The number of carbonyl (C=O) groups is 1. The van der Waals surface area contributed by atoms with E-state index in [4.69, 9.17) is 9.47 Å². The molecule has 0 N–H and O–H groups in total. The van der Waals surface area contributed by atoms with Crippen LogP contribution in [0.3, 0.4) is 0 Å². The number of ether oxygens (including phenoxy) is 2. The molecule has 0 aliphatic rings. The molecule has 0 aliphatic carbocycles. The minimum Gasteiger partial charge on any atom is -0.494 e. The number of nitrogens with zero attached hydrogens (tertiary/aromatic N) is 1. The number of hydrogen-bond donors (Lipinski definition) is 0. The fourth-order valence-corrected chi connectivity index (χ4v) is 2.04. The quantitative estimate of drug-likeness (QED) is 0.792. The van der Waals surface area contributed by atoms with Crippen LogP contribution in [0.25, 0.3) is 10.9 Å². The Labute approximate surface area is 112 Å². The molecule has 0 fully saturated rings. The first-order valence-electron chi connectivity index (χ1n) is 6.16. The largest absolute Gasteiger partial charge is 0.494 e. The van der Waals surface area contributed by atoms with Crippen molar-refractivity contribution in [2.24, 2.45) is 5.92 Å². The summed E-state index contributed by atoms with van der Waals surface area (Å²) in [5, 5.41) is 1.02. The van der Waals surface area contributed by atoms with Gasteiger partial charge in [0.25, 0.3) is 0 Å². The lowest BCUT2D eigenvalue weighted by atomic mass is 10.0. The van der Waals surface area contributed by atoms with Gasteiger partial charge in [-0.25, -0.2) is 4.98 Å². The number of fused-ring (bicyclic) bond motifs is 1. The SMILES string of the molecule is COC(=O)C(C)Cc1ccc2cccc(OC)c2n1. The van der Waals surface area contributed by atoms with Crippen LogP contribution in [0.2, 0.25) is 0 Å². The summed E-state index contributed by atoms with van der Waals surface area (Å²) in [7, 11) is 3.02. The molecule has 0 radical (unpaired) electrons. The molecule has 1 aromatic carbocycles. The van der Waals surface area contributed by atoms with Crippen LogP contribution < -0.4 is 4.74 Å². The fraction of sp³-hybridized carbons (Fsp3) is 0.333. The molecule has 0 spiro atoms. The van der Waals surface area contributed by atoms with Crippen LogP contribution >= 0.6 is 0 Å². The molecule has 1 atom stereocenters. The maximum Gasteiger partial charge on any atom is 0.308 e. The van der Waals surface area contributed by atoms with E-state index >= 15 is 0 Å². The lowest BCUT2D eigenvalue weighted by Gasteiger charge is -2.10. The molecule has 4 nitrogen and oxygen atoms in total. The van der Waals surface area contributed by atoms with Crippen LogP contribution in [0.4, 0.5) is 0 Å². The van der Waals surface area contributed by atoms with Crippen LogP contribution in [-0.4, -0.2) is 25.2 Å². The van der Waals surface area contributed by atoms with E-state index in [9.17, 15) is 4.79 Å². The van der Waals surface area contributed by atoms with Gasteiger partial charge in [-0.05, 0) is 12.1 Å². The Morgan fingerprint density at radius 2 is 2.05 bits per heavy atom. The van der Waals surface area contributed by atoms with Crippen LogP contribution in [0.1, 0.15) is 12.6 Å². The predicted octanol–water partition coefficient (Wildman–Crippen LogP) is 2.60. The van der Waals surface area contributed by atoms with E-state index in [-0.39, 0.29) is 11.9 Å². The normalized spacial score (nSPS) is 12.2. The second-order valence-corrected chi connectivity index (χ2v) is 4.46. The predicted molar refractivity (Wildman–Crippen MR) is 73.2 cm³/mol. The van der Waals surface area contributed by atoms with Crippen molar-refractivity contribution < 1.29 is 14.3 Å². The molecule has 0 aliphatic heterocycles. The maximum absolute atomic E-state index is 11.4. The molecule has 1 aromatic heterocycles. The van der Waals surface area contributed by atoms with Crippen LogP contribution in [-0.2, 0) is 16.0 Å². The number of hydrogen-bond acceptors (Lipinski definition) is 4. The zero-order valence-corrected chi connectivity index (χ0v) is 11.3. The van der Waals surface area contributed by atoms with E-state index in [0.29, 0.717) is 6.42 Å². The molecule has 0 bridgehead atoms. The molecule has 0 saturated carbocycles. The Bertz CT molecular complexity index is 595. The lowest BCUT2D eigenvalue weighted by Crippen LogP contribution is -2.15. The highest BCUT2D eigenvalue weighted by atomic mass is 16.5. The first-order chi connectivity index (χ1) is 9.15. The number of rotatable bonds is 4. The van der Waals surface area contributed by atoms with Crippen molar-refractivity contribution in [2.75, 3.05) is 14.2 Å². The van der Waals surface area contributed by atoms with Gasteiger partial charge in [-0.2, -0.15) is 0 Å². The average Bonchev–Trinajstić information content (AvgIpc) is 2.45. The summed E-state index contributed by atoms with van der Waals surface area (Å²) in [4.78, 5) is 16.0. The van der Waals surface area contributed by atoms with Gasteiger partial charge < -0.3 is 9.47 Å². The van der Waals surface area contributed by atoms with Crippen LogP contribution in [0.5, 0.6) is 5.75 Å². The highest BCUT2D eigenvalue weighted by Gasteiger charge is 2.15. The monoisotopic (exact) mass is 259 g/mol. The number of para-hydroxylation sites is 1. The van der Waals surface area contributed by atoms with Crippen molar-refractivity contribution in [2.45, 2.75) is 13.3 Å². The summed E-state index contributed by atoms with van der Waals surface area (Å²) in [6.45, 7) is 1.83. The lowest BCUT2D eigenvalue weighted by molar-refractivity contribution is -0.144. The standard InChI is InChI=1S/C15H17NO3/c1-10(15(17)19-3)9-12-8-7-11-5-4-6-13(18-2)14(11)16-12/h4-8,10H,9H2,1-3H3. The number of aromatic nitrogens is 1. The number of carbonyl (C=O) groups excluding carboxylic acids is 1. The number of methoxy groups -OCH3 is 2. The molecular weight excluding hydrogens is 242 g/mol. The number of benzene rings is 1. The molecule has 19 heavy (non-hydrogen) atoms. The summed E-state index contributed by atoms with van der Waals surface area (Å²) in [5.41, 5.74) is 1.68. The van der Waals surface area contributed by atoms with E-state index < -0.39 is 0 Å². The van der Waals surface area contributed by atoms with Crippen molar-refractivity contribution in [3.63, 3.8) is 0 Å². The molecule has 2 rings (SSSR count). The summed E-state index contributed by atoms with van der Waals surface area (Å²) in [5.74, 6) is 0.316. The van der Waals surface area contributed by atoms with E-state index in [0.717, 1.165) is 22.3 Å². The molecule has 0 amide bonds. The zero-order chi connectivity index (χ0) is 13.8. The third-order valence-corrected chi connectivity index (χ3v) is 3.08. The molecule has 1 unspecified atom stereocenters. The second-order valence-electron chi connectivity index (χ2n) is 4.46. The highest BCUT2D eigenvalue weighted by Crippen LogP contribution is 2.24. The van der Waals surface area contributed by atoms with Gasteiger partial charge in [0, 0.05) is 17.5 Å². The summed E-state index contributed by atoms with van der Waals surface area (Å²) in [6, 6.07) is 9.71. The average molecular weight is 259 g/mol. The number of esters is 1. The van der Waals surface area contributed by atoms with Crippen molar-refractivity contribution in [1.29, 1.82) is 0 Å². The molecule has 1 heterocycles. The maximum atomic E-state index is 11.4. The van der Waals surface area contributed by atoms with Gasteiger partial charge in [0.1, 0.15) is 11.3 Å². The topological polar surface area (TPSA) is 48.4 Å². The van der Waals surface area contributed by atoms with Crippen LogP contribution in [0.15, 0.2) is 30.3 Å². The Morgan fingerprint density at radius 3 is 2.74 bits per heavy atom. The van der Waals surface area contributed by atoms with Gasteiger partial charge >= 0.3 is 5.97 Å². The Morgan fingerprint density at radius 1 is 1.26 bits per heavy atom. The van der Waals surface area contributed by atoms with Gasteiger partial charge in [-0.1, -0.05) is 25.1 Å². The highest BCUT2D eigenvalue weighted by molar-refractivity contribution is 5.84. The smallest absolute Gasteiger partial charge is 0.308 e. The van der Waals surface area contributed by atoms with Crippen molar-refractivity contribution in [3.05, 3.63) is 36.0 Å². The van der Waals surface area contributed by atoms with Gasteiger partial charge in [0.15, 0.2) is 0 Å². The third kappa shape index (κ3) is 2.84. The Kier molecular flexibility index (Phi) is 4.00. The molecule has 0 saturated heterocycles. The van der Waals surface area contributed by atoms with E-state index in [1.165, 1.54) is 7.11 Å². The van der Waals surface area contributed by atoms with Crippen molar-refractivity contribution >= 4 is 16.9 Å².